The Bertz CT molecular complexity index is 468. The van der Waals surface area contributed by atoms with E-state index in [4.69, 9.17) is 9.47 Å². The van der Waals surface area contributed by atoms with Crippen molar-refractivity contribution in [2.24, 2.45) is 5.92 Å². The summed E-state index contributed by atoms with van der Waals surface area (Å²) in [5.74, 6) is 1.58. The van der Waals surface area contributed by atoms with Crippen LogP contribution in [0.1, 0.15) is 31.2 Å². The number of ether oxygens (including phenoxy) is 2. The first kappa shape index (κ1) is 13.7. The number of hydrogen-bond acceptors (Lipinski definition) is 3. The van der Waals surface area contributed by atoms with Gasteiger partial charge < -0.3 is 14.8 Å². The lowest BCUT2D eigenvalue weighted by molar-refractivity contribution is 0.274. The zero-order valence-corrected chi connectivity index (χ0v) is 12.0. The molecule has 1 N–H and O–H groups in total. The van der Waals surface area contributed by atoms with E-state index in [1.165, 1.54) is 18.9 Å². The second kappa shape index (κ2) is 6.00. The Morgan fingerprint density at radius 2 is 2.15 bits per heavy atom. The number of benzene rings is 1. The summed E-state index contributed by atoms with van der Waals surface area (Å²) >= 11 is 0. The monoisotopic (exact) mass is 279 g/mol. The smallest absolute Gasteiger partial charge is 0.164 e. The minimum atomic E-state index is -0.247. The van der Waals surface area contributed by atoms with Crippen LogP contribution >= 0.6 is 0 Å². The molecule has 2 aliphatic rings. The SMILES string of the molecule is COc1cc(F)cc(CC2CCCNC2)c1OC1CC1. The van der Waals surface area contributed by atoms with Gasteiger partial charge in [-0.25, -0.2) is 4.39 Å². The van der Waals surface area contributed by atoms with Crippen LogP contribution in [0.4, 0.5) is 4.39 Å². The fourth-order valence-electron chi connectivity index (χ4n) is 2.82. The van der Waals surface area contributed by atoms with Crippen molar-refractivity contribution in [2.75, 3.05) is 20.2 Å². The molecule has 0 radical (unpaired) electrons. The van der Waals surface area contributed by atoms with Crippen molar-refractivity contribution in [3.63, 3.8) is 0 Å². The molecule has 3 rings (SSSR count). The lowest BCUT2D eigenvalue weighted by Crippen LogP contribution is -2.31. The molecule has 1 aromatic rings. The van der Waals surface area contributed by atoms with Gasteiger partial charge in [0.1, 0.15) is 5.82 Å². The lowest BCUT2D eigenvalue weighted by atomic mass is 9.92. The molecule has 1 heterocycles. The van der Waals surface area contributed by atoms with Crippen LogP contribution in [-0.2, 0) is 6.42 Å². The predicted molar refractivity (Wildman–Crippen MR) is 75.9 cm³/mol. The molecule has 0 amide bonds. The minimum absolute atomic E-state index is 0.247. The van der Waals surface area contributed by atoms with E-state index in [1.54, 1.807) is 13.2 Å². The van der Waals surface area contributed by atoms with Gasteiger partial charge in [-0.1, -0.05) is 0 Å². The van der Waals surface area contributed by atoms with E-state index in [1.807, 2.05) is 0 Å². The summed E-state index contributed by atoms with van der Waals surface area (Å²) in [5, 5.41) is 3.41. The zero-order chi connectivity index (χ0) is 13.9. The molecule has 0 aromatic heterocycles. The number of piperidine rings is 1. The molecule has 1 saturated carbocycles. The average Bonchev–Trinajstić information content (AvgIpc) is 3.26. The lowest BCUT2D eigenvalue weighted by Gasteiger charge is -2.24. The number of methoxy groups -OCH3 is 1. The fourth-order valence-corrected chi connectivity index (χ4v) is 2.82. The quantitative estimate of drug-likeness (QED) is 0.899. The molecule has 1 unspecified atom stereocenters. The summed E-state index contributed by atoms with van der Waals surface area (Å²) in [4.78, 5) is 0. The molecule has 2 fully saturated rings. The van der Waals surface area contributed by atoms with E-state index in [0.717, 1.165) is 43.7 Å². The zero-order valence-electron chi connectivity index (χ0n) is 12.0. The molecule has 3 nitrogen and oxygen atoms in total. The van der Waals surface area contributed by atoms with Gasteiger partial charge in [-0.05, 0) is 57.2 Å². The van der Waals surface area contributed by atoms with Crippen molar-refractivity contribution < 1.29 is 13.9 Å². The average molecular weight is 279 g/mol. The van der Waals surface area contributed by atoms with Crippen molar-refractivity contribution in [3.8, 4) is 11.5 Å². The molecule has 1 saturated heterocycles. The van der Waals surface area contributed by atoms with Crippen LogP contribution < -0.4 is 14.8 Å². The topological polar surface area (TPSA) is 30.5 Å². The summed E-state index contributed by atoms with van der Waals surface area (Å²) in [6, 6.07) is 3.02. The van der Waals surface area contributed by atoms with E-state index < -0.39 is 0 Å². The van der Waals surface area contributed by atoms with Crippen LogP contribution in [0, 0.1) is 11.7 Å². The Balaban J connectivity index is 1.83. The van der Waals surface area contributed by atoms with Gasteiger partial charge >= 0.3 is 0 Å². The van der Waals surface area contributed by atoms with Gasteiger partial charge in [0.25, 0.3) is 0 Å². The number of hydrogen-bond donors (Lipinski definition) is 1. The van der Waals surface area contributed by atoms with E-state index in [2.05, 4.69) is 5.32 Å². The van der Waals surface area contributed by atoms with Gasteiger partial charge in [-0.3, -0.25) is 0 Å². The standard InChI is InChI=1S/C16H22FNO2/c1-19-15-9-13(17)8-12(16(15)20-14-4-5-14)7-11-3-2-6-18-10-11/h8-9,11,14,18H,2-7,10H2,1H3. The molecule has 1 aliphatic carbocycles. The summed E-state index contributed by atoms with van der Waals surface area (Å²) in [6.07, 6.45) is 5.70. The number of nitrogens with one attached hydrogen (secondary N) is 1. The predicted octanol–water partition coefficient (Wildman–Crippen LogP) is 2.92. The van der Waals surface area contributed by atoms with Gasteiger partial charge in [0.2, 0.25) is 0 Å². The van der Waals surface area contributed by atoms with Gasteiger partial charge in [0.05, 0.1) is 13.2 Å². The molecule has 110 valence electrons. The first-order valence-corrected chi connectivity index (χ1v) is 7.50. The molecule has 4 heteroatoms. The third-order valence-electron chi connectivity index (χ3n) is 4.03. The van der Waals surface area contributed by atoms with E-state index in [-0.39, 0.29) is 11.9 Å². The highest BCUT2D eigenvalue weighted by Crippen LogP contribution is 2.38. The Labute approximate surface area is 119 Å². The highest BCUT2D eigenvalue weighted by Gasteiger charge is 2.27. The molecule has 1 aliphatic heterocycles. The van der Waals surface area contributed by atoms with Crippen molar-refractivity contribution in [3.05, 3.63) is 23.5 Å². The van der Waals surface area contributed by atoms with Crippen LogP contribution in [0.15, 0.2) is 12.1 Å². The van der Waals surface area contributed by atoms with Crippen molar-refractivity contribution in [2.45, 2.75) is 38.2 Å². The van der Waals surface area contributed by atoms with E-state index in [9.17, 15) is 4.39 Å². The molecule has 0 spiro atoms. The van der Waals surface area contributed by atoms with Gasteiger partial charge in [0.15, 0.2) is 11.5 Å². The van der Waals surface area contributed by atoms with Crippen molar-refractivity contribution in [1.29, 1.82) is 0 Å². The Morgan fingerprint density at radius 1 is 1.30 bits per heavy atom. The summed E-state index contributed by atoms with van der Waals surface area (Å²) < 4.78 is 25.0. The van der Waals surface area contributed by atoms with Crippen LogP contribution in [0.5, 0.6) is 11.5 Å². The highest BCUT2D eigenvalue weighted by molar-refractivity contribution is 5.47. The highest BCUT2D eigenvalue weighted by atomic mass is 19.1. The largest absolute Gasteiger partial charge is 0.493 e. The normalized spacial score (nSPS) is 22.6. The van der Waals surface area contributed by atoms with Crippen LogP contribution in [0.25, 0.3) is 0 Å². The second-order valence-electron chi connectivity index (χ2n) is 5.83. The maximum atomic E-state index is 13.8. The van der Waals surface area contributed by atoms with Crippen molar-refractivity contribution >= 4 is 0 Å². The molecular weight excluding hydrogens is 257 g/mol. The van der Waals surface area contributed by atoms with Gasteiger partial charge in [0, 0.05) is 11.6 Å². The first-order chi connectivity index (χ1) is 9.76. The van der Waals surface area contributed by atoms with Crippen LogP contribution in [-0.4, -0.2) is 26.3 Å². The maximum absolute atomic E-state index is 13.8. The van der Waals surface area contributed by atoms with Gasteiger partial charge in [-0.15, -0.1) is 0 Å². The summed E-state index contributed by atoms with van der Waals surface area (Å²) in [5.41, 5.74) is 0.947. The summed E-state index contributed by atoms with van der Waals surface area (Å²) in [6.45, 7) is 2.09. The molecule has 20 heavy (non-hydrogen) atoms. The molecule has 1 atom stereocenters. The minimum Gasteiger partial charge on any atom is -0.493 e. The summed E-state index contributed by atoms with van der Waals surface area (Å²) in [7, 11) is 1.57. The van der Waals surface area contributed by atoms with Crippen molar-refractivity contribution in [1.82, 2.24) is 5.32 Å². The molecule has 1 aromatic carbocycles. The van der Waals surface area contributed by atoms with Crippen LogP contribution in [0.2, 0.25) is 0 Å². The third kappa shape index (κ3) is 3.23. The maximum Gasteiger partial charge on any atom is 0.164 e. The Morgan fingerprint density at radius 3 is 2.80 bits per heavy atom. The number of halogens is 1. The van der Waals surface area contributed by atoms with Gasteiger partial charge in [-0.2, -0.15) is 0 Å². The Hall–Kier alpha value is -1.29. The molecular formula is C16H22FNO2. The van der Waals surface area contributed by atoms with E-state index >= 15 is 0 Å². The fraction of sp³-hybridized carbons (Fsp3) is 0.625. The third-order valence-corrected chi connectivity index (χ3v) is 4.03. The second-order valence-corrected chi connectivity index (χ2v) is 5.83. The molecule has 0 bridgehead atoms. The van der Waals surface area contributed by atoms with Crippen LogP contribution in [0.3, 0.4) is 0 Å². The number of rotatable bonds is 5. The first-order valence-electron chi connectivity index (χ1n) is 7.50. The van der Waals surface area contributed by atoms with E-state index in [0.29, 0.717) is 11.7 Å². The Kier molecular flexibility index (Phi) is 4.10.